The molecule has 2 heterocycles. The largest absolute Gasteiger partial charge is 0.540 e. The summed E-state index contributed by atoms with van der Waals surface area (Å²) in [5, 5.41) is 11.8. The lowest BCUT2D eigenvalue weighted by molar-refractivity contribution is -0.517. The first-order valence-electron chi connectivity index (χ1n) is 5.99. The summed E-state index contributed by atoms with van der Waals surface area (Å²) in [6, 6.07) is 11.7. The summed E-state index contributed by atoms with van der Waals surface area (Å²) < 4.78 is 11.5. The number of ether oxygens (including phenoxy) is 1. The van der Waals surface area contributed by atoms with Crippen molar-refractivity contribution in [1.82, 2.24) is 0 Å². The second-order valence-electron chi connectivity index (χ2n) is 4.20. The molecule has 0 saturated carbocycles. The summed E-state index contributed by atoms with van der Waals surface area (Å²) in [6.45, 7) is 0. The quantitative estimate of drug-likeness (QED) is 0.531. The fraction of sp³-hybridized carbons (Fsp3) is 0.0667. The van der Waals surface area contributed by atoms with Crippen LogP contribution in [0.1, 0.15) is 16.1 Å². The Morgan fingerprint density at radius 3 is 2.65 bits per heavy atom. The van der Waals surface area contributed by atoms with Crippen molar-refractivity contribution in [2.75, 3.05) is 7.11 Å². The molecule has 0 amide bonds. The zero-order chi connectivity index (χ0) is 14.1. The number of pyridine rings is 1. The molecule has 3 aromatic rings. The van der Waals surface area contributed by atoms with E-state index in [1.165, 1.54) is 4.40 Å². The molecule has 0 saturated heterocycles. The molecule has 0 aliphatic heterocycles. The maximum absolute atomic E-state index is 12.4. The molecule has 0 spiro atoms. The summed E-state index contributed by atoms with van der Waals surface area (Å²) in [6.07, 6.45) is 1.62. The van der Waals surface area contributed by atoms with Crippen molar-refractivity contribution in [3.63, 3.8) is 0 Å². The van der Waals surface area contributed by atoms with E-state index in [4.69, 9.17) is 9.15 Å². The lowest BCUT2D eigenvalue weighted by Gasteiger charge is -2.01. The summed E-state index contributed by atoms with van der Waals surface area (Å²) in [5.74, 6) is -0.377. The first kappa shape index (κ1) is 12.2. The van der Waals surface area contributed by atoms with E-state index >= 15 is 0 Å². The van der Waals surface area contributed by atoms with Crippen LogP contribution >= 0.6 is 0 Å². The van der Waals surface area contributed by atoms with Crippen LogP contribution in [0.5, 0.6) is 11.7 Å². The van der Waals surface area contributed by atoms with Crippen molar-refractivity contribution in [3.05, 3.63) is 59.9 Å². The summed E-state index contributed by atoms with van der Waals surface area (Å²) in [4.78, 5) is 12.4. The minimum atomic E-state index is -0.642. The lowest BCUT2D eigenvalue weighted by Crippen LogP contribution is -2.28. The predicted molar refractivity (Wildman–Crippen MR) is 67.7 cm³/mol. The average Bonchev–Trinajstić information content (AvgIpc) is 2.82. The van der Waals surface area contributed by atoms with E-state index in [1.807, 2.05) is 0 Å². The predicted octanol–water partition coefficient (Wildman–Crippen LogP) is 1.33. The van der Waals surface area contributed by atoms with Gasteiger partial charge >= 0.3 is 0 Å². The Bertz CT molecular complexity index is 774. The van der Waals surface area contributed by atoms with E-state index in [2.05, 4.69) is 0 Å². The molecular weight excluding hydrogens is 258 g/mol. The van der Waals surface area contributed by atoms with E-state index < -0.39 is 5.95 Å². The molecule has 0 aliphatic rings. The highest BCUT2D eigenvalue weighted by Crippen LogP contribution is 2.19. The molecule has 5 nitrogen and oxygen atoms in total. The molecule has 0 radical (unpaired) electrons. The Morgan fingerprint density at radius 1 is 1.20 bits per heavy atom. The Labute approximate surface area is 114 Å². The van der Waals surface area contributed by atoms with Crippen molar-refractivity contribution >= 4 is 11.5 Å². The minimum Gasteiger partial charge on any atom is -0.540 e. The van der Waals surface area contributed by atoms with Crippen molar-refractivity contribution in [1.29, 1.82) is 0 Å². The third kappa shape index (κ3) is 1.89. The van der Waals surface area contributed by atoms with E-state index in [9.17, 15) is 9.90 Å². The molecule has 2 aromatic heterocycles. The van der Waals surface area contributed by atoms with Gasteiger partial charge in [-0.1, -0.05) is 0 Å². The third-order valence-electron chi connectivity index (χ3n) is 3.02. The molecule has 0 N–H and O–H groups in total. The number of oxazole rings is 1. The maximum Gasteiger partial charge on any atom is 0.282 e. The molecule has 100 valence electrons. The smallest absolute Gasteiger partial charge is 0.282 e. The number of hydrogen-bond donors (Lipinski definition) is 0. The normalized spacial score (nSPS) is 10.7. The molecule has 0 bridgehead atoms. The SMILES string of the molecule is COc1ccc(C(=O)c2c([O-])oc3cccc[n+]23)cc1. The minimum absolute atomic E-state index is 0.00855. The van der Waals surface area contributed by atoms with E-state index in [0.29, 0.717) is 17.0 Å². The molecule has 5 heteroatoms. The molecule has 20 heavy (non-hydrogen) atoms. The number of carbonyl (C=O) groups excluding carboxylic acids is 1. The van der Waals surface area contributed by atoms with Crippen molar-refractivity contribution in [2.24, 2.45) is 0 Å². The molecule has 0 fully saturated rings. The van der Waals surface area contributed by atoms with Crippen LogP contribution in [0.2, 0.25) is 0 Å². The van der Waals surface area contributed by atoms with Crippen LogP contribution in [0.3, 0.4) is 0 Å². The van der Waals surface area contributed by atoms with Crippen molar-refractivity contribution in [2.45, 2.75) is 0 Å². The Kier molecular flexibility index (Phi) is 2.87. The summed E-state index contributed by atoms with van der Waals surface area (Å²) in [7, 11) is 1.55. The van der Waals surface area contributed by atoms with Gasteiger partial charge in [0.15, 0.2) is 6.20 Å². The van der Waals surface area contributed by atoms with Gasteiger partial charge in [0.25, 0.3) is 17.2 Å². The molecule has 0 unspecified atom stereocenters. The number of methoxy groups -OCH3 is 1. The second kappa shape index (κ2) is 4.70. The zero-order valence-electron chi connectivity index (χ0n) is 10.7. The van der Waals surface area contributed by atoms with Crippen LogP contribution in [0.4, 0.5) is 0 Å². The fourth-order valence-electron chi connectivity index (χ4n) is 2.02. The molecular formula is C15H11NO4. The third-order valence-corrected chi connectivity index (χ3v) is 3.02. The van der Waals surface area contributed by atoms with Gasteiger partial charge in [0.2, 0.25) is 0 Å². The number of ketones is 1. The lowest BCUT2D eigenvalue weighted by atomic mass is 10.1. The molecule has 0 atom stereocenters. The Hall–Kier alpha value is -2.82. The van der Waals surface area contributed by atoms with Gasteiger partial charge in [-0.05, 0) is 30.3 Å². The average molecular weight is 269 g/mol. The van der Waals surface area contributed by atoms with Gasteiger partial charge in [-0.3, -0.25) is 4.79 Å². The first-order chi connectivity index (χ1) is 9.70. The summed E-state index contributed by atoms with van der Waals surface area (Å²) >= 11 is 0. The van der Waals surface area contributed by atoms with Crippen LogP contribution < -0.4 is 14.2 Å². The van der Waals surface area contributed by atoms with Gasteiger partial charge in [0.05, 0.1) is 7.11 Å². The van der Waals surface area contributed by atoms with Crippen molar-refractivity contribution < 1.29 is 23.5 Å². The second-order valence-corrected chi connectivity index (χ2v) is 4.20. The standard InChI is InChI=1S/C15H11NO4/c1-19-11-7-5-10(6-8-11)14(17)13-15(18)20-12-4-2-3-9-16(12)13/h2-9H,1H3. The van der Waals surface area contributed by atoms with Crippen molar-refractivity contribution in [3.8, 4) is 11.7 Å². The molecule has 1 aromatic carbocycles. The number of nitrogens with zero attached hydrogens (tertiary/aromatic N) is 1. The first-order valence-corrected chi connectivity index (χ1v) is 5.99. The van der Waals surface area contributed by atoms with Gasteiger partial charge < -0.3 is 14.3 Å². The van der Waals surface area contributed by atoms with Crippen LogP contribution in [-0.2, 0) is 0 Å². The Balaban J connectivity index is 2.09. The zero-order valence-corrected chi connectivity index (χ0v) is 10.7. The van der Waals surface area contributed by atoms with Crippen LogP contribution in [-0.4, -0.2) is 12.9 Å². The van der Waals surface area contributed by atoms with Crippen LogP contribution in [0, 0.1) is 0 Å². The van der Waals surface area contributed by atoms with E-state index in [0.717, 1.165) is 0 Å². The van der Waals surface area contributed by atoms with Crippen LogP contribution in [0.25, 0.3) is 5.71 Å². The number of carbonyl (C=O) groups is 1. The fourth-order valence-corrected chi connectivity index (χ4v) is 2.02. The van der Waals surface area contributed by atoms with Crippen LogP contribution in [0.15, 0.2) is 53.1 Å². The highest BCUT2D eigenvalue weighted by Gasteiger charge is 2.24. The number of hydrogen-bond acceptors (Lipinski definition) is 4. The topological polar surface area (TPSA) is 66.6 Å². The molecule has 0 aliphatic carbocycles. The highest BCUT2D eigenvalue weighted by molar-refractivity contribution is 6.08. The summed E-state index contributed by atoms with van der Waals surface area (Å²) in [5.41, 5.74) is 0.738. The number of fused-ring (bicyclic) bond motifs is 1. The monoisotopic (exact) mass is 269 g/mol. The van der Waals surface area contributed by atoms with Gasteiger partial charge in [-0.15, -0.1) is 4.40 Å². The van der Waals surface area contributed by atoms with Gasteiger partial charge in [0, 0.05) is 17.7 Å². The maximum atomic E-state index is 12.4. The Morgan fingerprint density at radius 2 is 1.95 bits per heavy atom. The number of rotatable bonds is 3. The highest BCUT2D eigenvalue weighted by atomic mass is 16.5. The number of benzene rings is 1. The van der Waals surface area contributed by atoms with E-state index in [1.54, 1.807) is 55.8 Å². The van der Waals surface area contributed by atoms with Gasteiger partial charge in [0.1, 0.15) is 11.7 Å². The number of aromatic nitrogens is 1. The molecule has 3 rings (SSSR count). The van der Waals surface area contributed by atoms with E-state index in [-0.39, 0.29) is 11.5 Å². The van der Waals surface area contributed by atoms with Gasteiger partial charge in [-0.2, -0.15) is 0 Å². The van der Waals surface area contributed by atoms with Gasteiger partial charge in [-0.25, -0.2) is 0 Å².